The van der Waals surface area contributed by atoms with Crippen molar-refractivity contribution in [1.82, 2.24) is 0 Å². The van der Waals surface area contributed by atoms with Crippen LogP contribution in [-0.4, -0.2) is 58.4 Å². The smallest absolute Gasteiger partial charge is 0.449 e. The zero-order valence-electron chi connectivity index (χ0n) is 5.70. The second kappa shape index (κ2) is 5.05. The Morgan fingerprint density at radius 1 is 1.50 bits per heavy atom. The van der Waals surface area contributed by atoms with Crippen molar-refractivity contribution in [1.29, 1.82) is 0 Å². The van der Waals surface area contributed by atoms with Crippen LogP contribution in [0.4, 0.5) is 12.9 Å². The van der Waals surface area contributed by atoms with E-state index in [0.29, 0.717) is 0 Å². The van der Waals surface area contributed by atoms with E-state index in [-0.39, 0.29) is 52.8 Å². The fraction of sp³-hybridized carbons (Fsp3) is 0.333. The van der Waals surface area contributed by atoms with Gasteiger partial charge in [-0.2, -0.15) is 0 Å². The third-order valence-corrected chi connectivity index (χ3v) is 0.434. The Morgan fingerprint density at radius 2 is 1.88 bits per heavy atom. The number of hydrogen-bond acceptors (Lipinski definition) is 0. The molecule has 0 aromatic carbocycles. The molecule has 0 spiro atoms. The zero-order chi connectivity index (χ0) is 5.91. The number of halogens is 3. The van der Waals surface area contributed by atoms with Crippen molar-refractivity contribution in [2.45, 2.75) is 6.32 Å². The molecule has 0 unspecified atom stereocenters. The Labute approximate surface area is 90.5 Å². The molecule has 0 nitrogen and oxygen atoms in total. The molecule has 0 bridgehead atoms. The first-order valence-electron chi connectivity index (χ1n) is 1.88. The second-order valence-electron chi connectivity index (χ2n) is 1.23. The van der Waals surface area contributed by atoms with Crippen LogP contribution in [0.1, 0.15) is 1.43 Å². The quantitative estimate of drug-likeness (QED) is 0.414. The maximum absolute atomic E-state index is 11.0. The fourth-order valence-electron chi connectivity index (χ4n) is 0.189. The minimum absolute atomic E-state index is 0. The molecule has 43 valence electrons. The molecule has 0 atom stereocenters. The number of allylic oxidation sites excluding steroid dienone is 1. The predicted molar refractivity (Wildman–Crippen MR) is 30.9 cm³/mol. The van der Waals surface area contributed by atoms with E-state index in [1.165, 1.54) is 0 Å². The maximum Gasteiger partial charge on any atom is 1.00 e. The Bertz CT molecular complexity index is 73.9. The van der Waals surface area contributed by atoms with Crippen LogP contribution in [0.5, 0.6) is 0 Å². The molecule has 0 heterocycles. The van der Waals surface area contributed by atoms with E-state index in [4.69, 9.17) is 0 Å². The van der Waals surface area contributed by atoms with Crippen molar-refractivity contribution < 1.29 is 14.4 Å². The van der Waals surface area contributed by atoms with E-state index in [9.17, 15) is 12.9 Å². The Morgan fingerprint density at radius 3 is 1.88 bits per heavy atom. The zero-order valence-corrected chi connectivity index (χ0v) is 7.83. The van der Waals surface area contributed by atoms with Gasteiger partial charge in [-0.1, -0.05) is 6.32 Å². The largest absolute Gasteiger partial charge is 1.00 e. The van der Waals surface area contributed by atoms with Crippen LogP contribution >= 0.6 is 0 Å². The molecular weight excluding hydrogens is 143 g/mol. The van der Waals surface area contributed by atoms with Gasteiger partial charge < -0.3 is 12.9 Å². The molecule has 0 fully saturated rings. The Balaban J connectivity index is -0.000000180. The summed E-state index contributed by atoms with van der Waals surface area (Å²) >= 11 is 0. The normalized spacial score (nSPS) is 9.88. The van der Waals surface area contributed by atoms with E-state index >= 15 is 0 Å². The maximum atomic E-state index is 11.0. The van der Waals surface area contributed by atoms with E-state index in [2.05, 4.69) is 6.58 Å². The molecule has 0 aliphatic rings. The number of hydrogen-bond donors (Lipinski definition) is 0. The van der Waals surface area contributed by atoms with Gasteiger partial charge in [0.25, 0.3) is 0 Å². The monoisotopic (exact) mass is 149 g/mol. The van der Waals surface area contributed by atoms with Crippen molar-refractivity contribution >= 4 is 58.4 Å². The first-order chi connectivity index (χ1) is 3.06. The van der Waals surface area contributed by atoms with Crippen LogP contribution in [0, 0.1) is 0 Å². The van der Waals surface area contributed by atoms with Gasteiger partial charge in [0, 0.05) is 51.4 Å². The van der Waals surface area contributed by atoms with Gasteiger partial charge in [0.2, 0.25) is 0 Å². The summed E-state index contributed by atoms with van der Waals surface area (Å²) in [4.78, 5) is 0. The summed E-state index contributed by atoms with van der Waals surface area (Å²) in [6.07, 6.45) is 0.0278. The molecule has 0 aromatic rings. The summed E-state index contributed by atoms with van der Waals surface area (Å²) in [6, 6.07) is 0. The summed E-state index contributed by atoms with van der Waals surface area (Å²) in [6.45, 7) is -1.67. The number of rotatable bonds is 2. The molecule has 0 N–H and O–H groups in total. The first-order valence-corrected chi connectivity index (χ1v) is 1.88. The van der Waals surface area contributed by atoms with Crippen LogP contribution < -0.4 is 0 Å². The molecule has 0 aliphatic heterocycles. The second-order valence-corrected chi connectivity index (χ2v) is 1.23. The standard InChI is InChI=1S/C3H5BF3.K/c1-2-3-4(5,6)7;/h2H,1,3H2;/q-1;/p+1. The Hall–Kier alpha value is 1.23. The summed E-state index contributed by atoms with van der Waals surface area (Å²) in [7, 11) is 0. The van der Waals surface area contributed by atoms with Crippen molar-refractivity contribution in [3.8, 4) is 0 Å². The summed E-state index contributed by atoms with van der Waals surface area (Å²) in [5.74, 6) is 0. The van der Waals surface area contributed by atoms with Crippen LogP contribution in [-0.2, 0) is 0 Å². The molecular formula is C3H6BF3K. The van der Waals surface area contributed by atoms with Crippen LogP contribution in [0.25, 0.3) is 0 Å². The summed E-state index contributed by atoms with van der Waals surface area (Å²) in [5.41, 5.74) is 0. The molecule has 8 heavy (non-hydrogen) atoms. The molecule has 0 rings (SSSR count). The SMILES string of the molecule is C=CC[B-](F)(F)F.[H+].[K]. The van der Waals surface area contributed by atoms with Gasteiger partial charge in [-0.25, -0.2) is 0 Å². The van der Waals surface area contributed by atoms with Gasteiger partial charge in [-0.15, -0.1) is 12.7 Å². The van der Waals surface area contributed by atoms with E-state index in [0.717, 1.165) is 6.08 Å². The third-order valence-electron chi connectivity index (χ3n) is 0.434. The van der Waals surface area contributed by atoms with Gasteiger partial charge in [0.15, 0.2) is 0 Å². The average Bonchev–Trinajstić information content (AvgIpc) is 1.30. The van der Waals surface area contributed by atoms with Gasteiger partial charge >= 0.3 is 8.40 Å². The van der Waals surface area contributed by atoms with Gasteiger partial charge in [-0.3, -0.25) is 0 Å². The topological polar surface area (TPSA) is 0 Å². The van der Waals surface area contributed by atoms with Crippen molar-refractivity contribution in [2.24, 2.45) is 0 Å². The van der Waals surface area contributed by atoms with Crippen molar-refractivity contribution in [2.75, 3.05) is 0 Å². The molecule has 5 heteroatoms. The van der Waals surface area contributed by atoms with Crippen LogP contribution in [0.15, 0.2) is 12.7 Å². The third kappa shape index (κ3) is 10.3. The van der Waals surface area contributed by atoms with Gasteiger partial charge in [0.05, 0.1) is 0 Å². The molecule has 0 amide bonds. The fourth-order valence-corrected chi connectivity index (χ4v) is 0.189. The average molecular weight is 149 g/mol. The van der Waals surface area contributed by atoms with Crippen molar-refractivity contribution in [3.05, 3.63) is 12.7 Å². The molecule has 1 radical (unpaired) electrons. The molecule has 0 aromatic heterocycles. The van der Waals surface area contributed by atoms with Gasteiger partial charge in [-0.05, 0) is 0 Å². The van der Waals surface area contributed by atoms with E-state index in [1.54, 1.807) is 0 Å². The summed E-state index contributed by atoms with van der Waals surface area (Å²) in [5, 5.41) is 0. The predicted octanol–water partition coefficient (Wildman–Crippen LogP) is 1.75. The minimum atomic E-state index is -4.61. The minimum Gasteiger partial charge on any atom is -0.449 e. The van der Waals surface area contributed by atoms with E-state index in [1.807, 2.05) is 0 Å². The first kappa shape index (κ1) is 12.0. The Kier molecular flexibility index (Phi) is 7.55. The van der Waals surface area contributed by atoms with Crippen molar-refractivity contribution in [3.63, 3.8) is 0 Å². The molecule has 0 saturated carbocycles. The van der Waals surface area contributed by atoms with Crippen LogP contribution in [0.3, 0.4) is 0 Å². The molecule has 0 aliphatic carbocycles. The van der Waals surface area contributed by atoms with E-state index < -0.39 is 13.3 Å². The molecule has 0 saturated heterocycles. The van der Waals surface area contributed by atoms with Crippen LogP contribution in [0.2, 0.25) is 6.32 Å². The van der Waals surface area contributed by atoms with Gasteiger partial charge in [0.1, 0.15) is 0 Å². The summed E-state index contributed by atoms with van der Waals surface area (Å²) < 4.78 is 33.1.